The van der Waals surface area contributed by atoms with Gasteiger partial charge in [0.05, 0.1) is 5.56 Å². The standard InChI is InChI=1S/C14H20N4O/c1-9-4-6-16-14(12(9)13(15)19)18-7-5-10-2-3-11(8-18)17-10/h4,6,10-11,17H,2-3,5,7-8H2,1H3,(H2,15,19). The van der Waals surface area contributed by atoms with Crippen LogP contribution in [0, 0.1) is 6.92 Å². The molecule has 1 aromatic heterocycles. The fourth-order valence-corrected chi connectivity index (χ4v) is 3.22. The van der Waals surface area contributed by atoms with Gasteiger partial charge in [0, 0.05) is 31.4 Å². The average Bonchev–Trinajstić information content (AvgIpc) is 2.68. The Morgan fingerprint density at radius 1 is 1.42 bits per heavy atom. The van der Waals surface area contributed by atoms with Gasteiger partial charge in [-0.2, -0.15) is 0 Å². The van der Waals surface area contributed by atoms with E-state index >= 15 is 0 Å². The highest BCUT2D eigenvalue weighted by Gasteiger charge is 2.31. The first-order valence-corrected chi connectivity index (χ1v) is 6.91. The molecule has 3 rings (SSSR count). The van der Waals surface area contributed by atoms with E-state index in [-0.39, 0.29) is 5.91 Å². The summed E-state index contributed by atoms with van der Waals surface area (Å²) >= 11 is 0. The summed E-state index contributed by atoms with van der Waals surface area (Å²) in [5, 5.41) is 3.63. The summed E-state index contributed by atoms with van der Waals surface area (Å²) in [7, 11) is 0. The van der Waals surface area contributed by atoms with Gasteiger partial charge in [-0.1, -0.05) is 0 Å². The van der Waals surface area contributed by atoms with Crippen LogP contribution < -0.4 is 16.0 Å². The summed E-state index contributed by atoms with van der Waals surface area (Å²) in [5.74, 6) is 0.366. The molecule has 1 aromatic rings. The van der Waals surface area contributed by atoms with Crippen molar-refractivity contribution in [3.8, 4) is 0 Å². The molecule has 3 N–H and O–H groups in total. The smallest absolute Gasteiger partial charge is 0.252 e. The third-order valence-electron chi connectivity index (χ3n) is 4.21. The van der Waals surface area contributed by atoms with E-state index in [1.807, 2.05) is 13.0 Å². The molecule has 19 heavy (non-hydrogen) atoms. The lowest BCUT2D eigenvalue weighted by Gasteiger charge is -2.27. The van der Waals surface area contributed by atoms with E-state index in [9.17, 15) is 4.79 Å². The van der Waals surface area contributed by atoms with Crippen molar-refractivity contribution in [2.75, 3.05) is 18.0 Å². The van der Waals surface area contributed by atoms with Crippen LogP contribution in [0.25, 0.3) is 0 Å². The predicted octanol–water partition coefficient (Wildman–Crippen LogP) is 0.820. The number of nitrogens with two attached hydrogens (primary N) is 1. The Morgan fingerprint density at radius 3 is 3.00 bits per heavy atom. The zero-order valence-corrected chi connectivity index (χ0v) is 11.2. The van der Waals surface area contributed by atoms with Crippen molar-refractivity contribution in [1.29, 1.82) is 0 Å². The van der Waals surface area contributed by atoms with E-state index in [0.29, 0.717) is 17.6 Å². The summed E-state index contributed by atoms with van der Waals surface area (Å²) in [4.78, 5) is 18.3. The molecule has 2 fully saturated rings. The first kappa shape index (κ1) is 12.4. The molecule has 1 amide bonds. The molecule has 2 saturated heterocycles. The van der Waals surface area contributed by atoms with Gasteiger partial charge in [-0.25, -0.2) is 4.98 Å². The maximum absolute atomic E-state index is 11.7. The van der Waals surface area contributed by atoms with Gasteiger partial charge >= 0.3 is 0 Å². The Morgan fingerprint density at radius 2 is 2.21 bits per heavy atom. The summed E-state index contributed by atoms with van der Waals surface area (Å²) in [6.07, 6.45) is 5.33. The first-order valence-electron chi connectivity index (χ1n) is 6.91. The lowest BCUT2D eigenvalue weighted by Crippen LogP contribution is -2.37. The van der Waals surface area contributed by atoms with Crippen molar-refractivity contribution in [2.45, 2.75) is 38.3 Å². The van der Waals surface area contributed by atoms with E-state index in [2.05, 4.69) is 15.2 Å². The van der Waals surface area contributed by atoms with Crippen LogP contribution in [0.5, 0.6) is 0 Å². The van der Waals surface area contributed by atoms with Crippen molar-refractivity contribution in [3.05, 3.63) is 23.4 Å². The minimum absolute atomic E-state index is 0.386. The summed E-state index contributed by atoms with van der Waals surface area (Å²) in [6, 6.07) is 2.97. The number of carbonyl (C=O) groups excluding carboxylic acids is 1. The number of nitrogens with one attached hydrogen (secondary N) is 1. The number of anilines is 1. The van der Waals surface area contributed by atoms with Crippen LogP contribution in [-0.2, 0) is 0 Å². The Balaban J connectivity index is 1.93. The number of rotatable bonds is 2. The lowest BCUT2D eigenvalue weighted by molar-refractivity contribution is 0.1000. The lowest BCUT2D eigenvalue weighted by atomic mass is 10.1. The molecule has 2 unspecified atom stereocenters. The number of primary amides is 1. The van der Waals surface area contributed by atoms with Crippen LogP contribution >= 0.6 is 0 Å². The van der Waals surface area contributed by atoms with E-state index in [1.165, 1.54) is 12.8 Å². The topological polar surface area (TPSA) is 71.2 Å². The van der Waals surface area contributed by atoms with Gasteiger partial charge in [-0.05, 0) is 37.8 Å². The predicted molar refractivity (Wildman–Crippen MR) is 74.3 cm³/mol. The van der Waals surface area contributed by atoms with E-state index in [1.54, 1.807) is 6.20 Å². The van der Waals surface area contributed by atoms with Gasteiger partial charge in [0.25, 0.3) is 5.91 Å². The van der Waals surface area contributed by atoms with Gasteiger partial charge in [-0.15, -0.1) is 0 Å². The Hall–Kier alpha value is -1.62. The Labute approximate surface area is 113 Å². The van der Waals surface area contributed by atoms with Crippen LogP contribution in [0.3, 0.4) is 0 Å². The third-order valence-corrected chi connectivity index (χ3v) is 4.21. The summed E-state index contributed by atoms with van der Waals surface area (Å²) in [5.41, 5.74) is 6.99. The van der Waals surface area contributed by atoms with Gasteiger partial charge in [-0.3, -0.25) is 4.79 Å². The zero-order chi connectivity index (χ0) is 13.4. The Bertz CT molecular complexity index is 502. The minimum atomic E-state index is -0.386. The monoisotopic (exact) mass is 260 g/mol. The van der Waals surface area contributed by atoms with Crippen LogP contribution in [0.2, 0.25) is 0 Å². The summed E-state index contributed by atoms with van der Waals surface area (Å²) in [6.45, 7) is 3.76. The minimum Gasteiger partial charge on any atom is -0.365 e. The molecule has 0 aliphatic carbocycles. The molecule has 0 radical (unpaired) electrons. The second-order valence-electron chi connectivity index (χ2n) is 5.56. The molecule has 0 spiro atoms. The number of aromatic nitrogens is 1. The number of pyridine rings is 1. The fourth-order valence-electron chi connectivity index (χ4n) is 3.22. The largest absolute Gasteiger partial charge is 0.365 e. The number of fused-ring (bicyclic) bond motifs is 2. The number of aryl methyl sites for hydroxylation is 1. The maximum Gasteiger partial charge on any atom is 0.252 e. The van der Waals surface area contributed by atoms with E-state index in [4.69, 9.17) is 5.73 Å². The number of amides is 1. The van der Waals surface area contributed by atoms with Crippen molar-refractivity contribution in [2.24, 2.45) is 5.73 Å². The second-order valence-corrected chi connectivity index (χ2v) is 5.56. The van der Waals surface area contributed by atoms with Gasteiger partial charge in [0.2, 0.25) is 0 Å². The highest BCUT2D eigenvalue weighted by atomic mass is 16.1. The van der Waals surface area contributed by atoms with Gasteiger partial charge in [0.1, 0.15) is 5.82 Å². The molecule has 0 aromatic carbocycles. The highest BCUT2D eigenvalue weighted by molar-refractivity contribution is 5.99. The van der Waals surface area contributed by atoms with Crippen molar-refractivity contribution >= 4 is 11.7 Å². The fraction of sp³-hybridized carbons (Fsp3) is 0.571. The second kappa shape index (κ2) is 4.81. The molecule has 2 atom stereocenters. The molecule has 3 heterocycles. The van der Waals surface area contributed by atoms with Crippen LogP contribution in [-0.4, -0.2) is 36.1 Å². The molecule has 2 aliphatic rings. The third kappa shape index (κ3) is 2.30. The van der Waals surface area contributed by atoms with Crippen LogP contribution in [0.1, 0.15) is 35.2 Å². The molecule has 0 saturated carbocycles. The molecule has 5 heteroatoms. The summed E-state index contributed by atoms with van der Waals surface area (Å²) < 4.78 is 0. The number of hydrogen-bond donors (Lipinski definition) is 2. The normalized spacial score (nSPS) is 26.3. The quantitative estimate of drug-likeness (QED) is 0.826. The van der Waals surface area contributed by atoms with Crippen LogP contribution in [0.4, 0.5) is 5.82 Å². The molecule has 2 bridgehead atoms. The molecule has 2 aliphatic heterocycles. The van der Waals surface area contributed by atoms with E-state index in [0.717, 1.165) is 30.9 Å². The molecule has 5 nitrogen and oxygen atoms in total. The van der Waals surface area contributed by atoms with Gasteiger partial charge in [0.15, 0.2) is 0 Å². The number of hydrogen-bond acceptors (Lipinski definition) is 4. The van der Waals surface area contributed by atoms with Crippen molar-refractivity contribution < 1.29 is 4.79 Å². The maximum atomic E-state index is 11.7. The zero-order valence-electron chi connectivity index (χ0n) is 11.2. The molecular weight excluding hydrogens is 240 g/mol. The van der Waals surface area contributed by atoms with Crippen molar-refractivity contribution in [3.63, 3.8) is 0 Å². The molecular formula is C14H20N4O. The first-order chi connectivity index (χ1) is 9.15. The number of nitrogens with zero attached hydrogens (tertiary/aromatic N) is 2. The highest BCUT2D eigenvalue weighted by Crippen LogP contribution is 2.26. The van der Waals surface area contributed by atoms with E-state index < -0.39 is 0 Å². The average molecular weight is 260 g/mol. The van der Waals surface area contributed by atoms with Gasteiger partial charge < -0.3 is 16.0 Å². The Kier molecular flexibility index (Phi) is 3.14. The SMILES string of the molecule is Cc1ccnc(N2CCC3CCC(C2)N3)c1C(N)=O. The number of carbonyl (C=O) groups is 1. The molecule has 102 valence electrons. The van der Waals surface area contributed by atoms with Crippen LogP contribution in [0.15, 0.2) is 12.3 Å². The van der Waals surface area contributed by atoms with Crippen molar-refractivity contribution in [1.82, 2.24) is 10.3 Å².